The maximum absolute atomic E-state index is 2.39. The second-order valence-corrected chi connectivity index (χ2v) is 7.79. The van der Waals surface area contributed by atoms with E-state index in [9.17, 15) is 0 Å². The molecule has 0 aliphatic carbocycles. The second-order valence-electron chi connectivity index (χ2n) is 7.79. The lowest BCUT2D eigenvalue weighted by Crippen LogP contribution is -2.29. The van der Waals surface area contributed by atoms with Crippen LogP contribution in [0, 0.1) is 16.2 Å². The molecule has 0 aromatic carbocycles. The zero-order valence-electron chi connectivity index (χ0n) is 12.8. The van der Waals surface area contributed by atoms with Crippen molar-refractivity contribution in [3.8, 4) is 0 Å². The van der Waals surface area contributed by atoms with Gasteiger partial charge in [0.15, 0.2) is 0 Å². The maximum atomic E-state index is 2.39. The molecule has 0 saturated carbocycles. The molecule has 0 aliphatic rings. The molecule has 0 bridgehead atoms. The highest BCUT2D eigenvalue weighted by molar-refractivity contribution is 4.92. The Kier molecular flexibility index (Phi) is 5.29. The molecule has 0 aromatic heterocycles. The molecular weight excluding hydrogens is 192 g/mol. The molecule has 0 radical (unpaired) electrons. The van der Waals surface area contributed by atoms with Crippen molar-refractivity contribution in [2.75, 3.05) is 0 Å². The fraction of sp³-hybridized carbons (Fsp3) is 0.875. The van der Waals surface area contributed by atoms with Gasteiger partial charge in [-0.15, -0.1) is 0 Å². The van der Waals surface area contributed by atoms with Crippen LogP contribution in [0.25, 0.3) is 0 Å². The summed E-state index contributed by atoms with van der Waals surface area (Å²) < 4.78 is 0. The maximum Gasteiger partial charge on any atom is -0.0203 e. The summed E-state index contributed by atoms with van der Waals surface area (Å²) in [7, 11) is 0. The lowest BCUT2D eigenvalue weighted by Gasteiger charge is -2.39. The van der Waals surface area contributed by atoms with Gasteiger partial charge in [0.05, 0.1) is 0 Å². The van der Waals surface area contributed by atoms with Gasteiger partial charge in [-0.25, -0.2) is 0 Å². The van der Waals surface area contributed by atoms with Crippen LogP contribution < -0.4 is 0 Å². The molecule has 0 N–H and O–H groups in total. The van der Waals surface area contributed by atoms with Gasteiger partial charge in [0.2, 0.25) is 0 Å². The number of hydrogen-bond donors (Lipinski definition) is 0. The van der Waals surface area contributed by atoms with Gasteiger partial charge in [0.1, 0.15) is 0 Å². The van der Waals surface area contributed by atoms with Crippen LogP contribution in [0.15, 0.2) is 12.2 Å². The van der Waals surface area contributed by atoms with Crippen LogP contribution in [0.4, 0.5) is 0 Å². The van der Waals surface area contributed by atoms with E-state index in [2.05, 4.69) is 67.5 Å². The highest BCUT2D eigenvalue weighted by Crippen LogP contribution is 2.41. The van der Waals surface area contributed by atoms with Gasteiger partial charge in [-0.2, -0.15) is 0 Å². The molecule has 16 heavy (non-hydrogen) atoms. The second kappa shape index (κ2) is 5.38. The van der Waals surface area contributed by atoms with E-state index in [1.54, 1.807) is 0 Å². The van der Waals surface area contributed by atoms with Gasteiger partial charge >= 0.3 is 0 Å². The third-order valence-corrected chi connectivity index (χ3v) is 3.82. The Morgan fingerprint density at radius 2 is 1.31 bits per heavy atom. The van der Waals surface area contributed by atoms with Crippen LogP contribution in [0.3, 0.4) is 0 Å². The number of allylic oxidation sites excluding steroid dienone is 2. The van der Waals surface area contributed by atoms with Crippen molar-refractivity contribution < 1.29 is 0 Å². The van der Waals surface area contributed by atoms with Crippen LogP contribution in [0.5, 0.6) is 0 Å². The molecule has 0 heteroatoms. The minimum atomic E-state index is 0.333. The summed E-state index contributed by atoms with van der Waals surface area (Å²) in [6.07, 6.45) is 8.51. The predicted octanol–water partition coefficient (Wildman–Crippen LogP) is 5.83. The lowest BCUT2D eigenvalue weighted by molar-refractivity contribution is 0.117. The van der Waals surface area contributed by atoms with Crippen molar-refractivity contribution in [2.24, 2.45) is 16.2 Å². The van der Waals surface area contributed by atoms with Crippen LogP contribution in [-0.2, 0) is 0 Å². The first kappa shape index (κ1) is 15.7. The first-order chi connectivity index (χ1) is 6.96. The van der Waals surface area contributed by atoms with Crippen molar-refractivity contribution >= 4 is 0 Å². The summed E-state index contributed by atoms with van der Waals surface area (Å²) in [6, 6.07) is 0. The third-order valence-electron chi connectivity index (χ3n) is 3.82. The van der Waals surface area contributed by atoms with Gasteiger partial charge < -0.3 is 0 Å². The van der Waals surface area contributed by atoms with E-state index in [1.807, 2.05) is 0 Å². The van der Waals surface area contributed by atoms with E-state index in [0.717, 1.165) is 0 Å². The summed E-state index contributed by atoms with van der Waals surface area (Å²) in [5, 5.41) is 0. The molecule has 0 amide bonds. The van der Waals surface area contributed by atoms with E-state index in [4.69, 9.17) is 0 Å². The molecule has 96 valence electrons. The highest BCUT2D eigenvalue weighted by atomic mass is 14.4. The van der Waals surface area contributed by atoms with Crippen molar-refractivity contribution in [2.45, 2.75) is 74.7 Å². The molecule has 0 unspecified atom stereocenters. The SMILES string of the molecule is CC(C)(C)/C=C/CCCC(C)(C)C(C)(C)C. The largest absolute Gasteiger partial charge is 0.0880 e. The van der Waals surface area contributed by atoms with Crippen LogP contribution >= 0.6 is 0 Å². The molecule has 0 aliphatic heterocycles. The third kappa shape index (κ3) is 6.35. The molecule has 0 saturated heterocycles. The van der Waals surface area contributed by atoms with Crippen molar-refractivity contribution in [1.29, 1.82) is 0 Å². The Balaban J connectivity index is 3.97. The number of rotatable bonds is 4. The quantitative estimate of drug-likeness (QED) is 0.416. The standard InChI is InChI=1S/C16H32/c1-14(2,3)12-10-9-11-13-16(7,8)15(4,5)6/h10,12H,9,11,13H2,1-8H3/b12-10+. The molecule has 0 rings (SSSR count). The Morgan fingerprint density at radius 1 is 0.812 bits per heavy atom. The average molecular weight is 224 g/mol. The molecule has 0 heterocycles. The van der Waals surface area contributed by atoms with Crippen LogP contribution in [0.1, 0.15) is 74.7 Å². The molecule has 0 spiro atoms. The monoisotopic (exact) mass is 224 g/mol. The summed E-state index contributed by atoms with van der Waals surface area (Å²) in [5.74, 6) is 0. The van der Waals surface area contributed by atoms with Gasteiger partial charge in [0, 0.05) is 0 Å². The Labute approximate surface area is 104 Å². The van der Waals surface area contributed by atoms with Crippen molar-refractivity contribution in [1.82, 2.24) is 0 Å². The van der Waals surface area contributed by atoms with E-state index in [0.29, 0.717) is 16.2 Å². The fourth-order valence-corrected chi connectivity index (χ4v) is 1.47. The van der Waals surface area contributed by atoms with Gasteiger partial charge in [-0.3, -0.25) is 0 Å². The van der Waals surface area contributed by atoms with E-state index < -0.39 is 0 Å². The molecule has 0 nitrogen and oxygen atoms in total. The normalized spacial score (nSPS) is 14.8. The smallest absolute Gasteiger partial charge is 0.0203 e. The molecule has 0 aromatic rings. The zero-order chi connectivity index (χ0) is 13.0. The van der Waals surface area contributed by atoms with Crippen molar-refractivity contribution in [3.05, 3.63) is 12.2 Å². The zero-order valence-corrected chi connectivity index (χ0v) is 12.8. The summed E-state index contributed by atoms with van der Waals surface area (Å²) >= 11 is 0. The van der Waals surface area contributed by atoms with E-state index in [-0.39, 0.29) is 0 Å². The van der Waals surface area contributed by atoms with E-state index in [1.165, 1.54) is 19.3 Å². The number of hydrogen-bond acceptors (Lipinski definition) is 0. The topological polar surface area (TPSA) is 0 Å². The lowest BCUT2D eigenvalue weighted by atomic mass is 9.67. The van der Waals surface area contributed by atoms with Crippen LogP contribution in [-0.4, -0.2) is 0 Å². The summed E-state index contributed by atoms with van der Waals surface area (Å²) in [5.41, 5.74) is 1.17. The minimum Gasteiger partial charge on any atom is -0.0880 e. The molecule has 0 atom stereocenters. The fourth-order valence-electron chi connectivity index (χ4n) is 1.47. The average Bonchev–Trinajstić information content (AvgIpc) is 1.98. The summed E-state index contributed by atoms with van der Waals surface area (Å²) in [4.78, 5) is 0. The van der Waals surface area contributed by atoms with Crippen molar-refractivity contribution in [3.63, 3.8) is 0 Å². The Morgan fingerprint density at radius 3 is 1.69 bits per heavy atom. The highest BCUT2D eigenvalue weighted by Gasteiger charge is 2.31. The minimum absolute atomic E-state index is 0.333. The Bertz CT molecular complexity index is 217. The summed E-state index contributed by atoms with van der Waals surface area (Å²) in [6.45, 7) is 18.6. The first-order valence-corrected chi connectivity index (χ1v) is 6.63. The Hall–Kier alpha value is -0.260. The van der Waals surface area contributed by atoms with Crippen LogP contribution in [0.2, 0.25) is 0 Å². The molecular formula is C16H32. The van der Waals surface area contributed by atoms with Gasteiger partial charge in [-0.05, 0) is 35.5 Å². The van der Waals surface area contributed by atoms with Gasteiger partial charge in [-0.1, -0.05) is 67.5 Å². The van der Waals surface area contributed by atoms with E-state index >= 15 is 0 Å². The predicted molar refractivity (Wildman–Crippen MR) is 75.7 cm³/mol. The number of unbranched alkanes of at least 4 members (excludes halogenated alkanes) is 1. The first-order valence-electron chi connectivity index (χ1n) is 6.63. The van der Waals surface area contributed by atoms with Gasteiger partial charge in [0.25, 0.3) is 0 Å². The molecule has 0 fully saturated rings.